The van der Waals surface area contributed by atoms with E-state index < -0.39 is 19.8 Å². The van der Waals surface area contributed by atoms with Crippen molar-refractivity contribution in [1.29, 1.82) is 0 Å². The summed E-state index contributed by atoms with van der Waals surface area (Å²) in [7, 11) is -1.31. The van der Waals surface area contributed by atoms with Gasteiger partial charge in [0.1, 0.15) is 29.9 Å². The van der Waals surface area contributed by atoms with E-state index in [9.17, 15) is 4.79 Å². The molecule has 0 spiro atoms. The third-order valence-corrected chi connectivity index (χ3v) is 13.1. The largest absolute Gasteiger partial charge is 0.486 e. The number of halogens is 2. The molecule has 0 bridgehead atoms. The highest BCUT2D eigenvalue weighted by molar-refractivity contribution is 6.76. The quantitative estimate of drug-likeness (QED) is 0.102. The lowest BCUT2D eigenvalue weighted by atomic mass is 10.0. The number of likely N-dealkylation sites (tertiary alicyclic amines) is 1. The van der Waals surface area contributed by atoms with Crippen molar-refractivity contribution in [3.63, 3.8) is 0 Å². The highest BCUT2D eigenvalue weighted by atomic mass is 35.5. The molecule has 15 heteroatoms. The van der Waals surface area contributed by atoms with Crippen molar-refractivity contribution in [2.45, 2.75) is 136 Å². The monoisotopic (exact) mass is 825 g/mol. The van der Waals surface area contributed by atoms with E-state index in [0.29, 0.717) is 60.9 Å². The molecule has 6 heterocycles. The third-order valence-electron chi connectivity index (χ3n) is 10.8. The summed E-state index contributed by atoms with van der Waals surface area (Å²) in [5.74, 6) is 1.42. The van der Waals surface area contributed by atoms with Crippen molar-refractivity contribution < 1.29 is 23.7 Å². The van der Waals surface area contributed by atoms with Crippen LogP contribution in [0.5, 0.6) is 5.75 Å². The molecule has 0 saturated carbocycles. The van der Waals surface area contributed by atoms with Crippen LogP contribution < -0.4 is 4.74 Å². The lowest BCUT2D eigenvalue weighted by Gasteiger charge is -2.38. The molecule has 4 aromatic rings. The van der Waals surface area contributed by atoms with Crippen LogP contribution in [-0.2, 0) is 34.0 Å². The minimum Gasteiger partial charge on any atom is -0.486 e. The molecule has 56 heavy (non-hydrogen) atoms. The lowest BCUT2D eigenvalue weighted by molar-refractivity contribution is -0.0365. The van der Waals surface area contributed by atoms with Gasteiger partial charge in [0.2, 0.25) is 0 Å². The zero-order chi connectivity index (χ0) is 39.8. The Morgan fingerprint density at radius 2 is 1.82 bits per heavy atom. The fourth-order valence-corrected chi connectivity index (χ4v) is 9.35. The number of imidazole rings is 1. The predicted molar refractivity (Wildman–Crippen MR) is 222 cm³/mol. The fourth-order valence-electron chi connectivity index (χ4n) is 7.92. The number of benzene rings is 1. The first-order valence-electron chi connectivity index (χ1n) is 20.1. The van der Waals surface area contributed by atoms with Crippen LogP contribution in [0.3, 0.4) is 0 Å². The first-order valence-corrected chi connectivity index (χ1v) is 24.6. The van der Waals surface area contributed by atoms with E-state index >= 15 is 0 Å². The van der Waals surface area contributed by atoms with E-state index in [4.69, 9.17) is 52.2 Å². The number of ether oxygens (including phenoxy) is 4. The number of nitrogens with zero attached hydrogens (tertiary/aromatic N) is 7. The van der Waals surface area contributed by atoms with Crippen molar-refractivity contribution in [3.8, 4) is 17.3 Å². The second kappa shape index (κ2) is 17.0. The van der Waals surface area contributed by atoms with E-state index in [1.54, 1.807) is 12.4 Å². The van der Waals surface area contributed by atoms with Gasteiger partial charge in [-0.25, -0.2) is 14.5 Å². The van der Waals surface area contributed by atoms with Crippen LogP contribution in [0, 0.1) is 0 Å². The van der Waals surface area contributed by atoms with E-state index in [1.165, 1.54) is 0 Å². The Morgan fingerprint density at radius 3 is 2.54 bits per heavy atom. The fraction of sp³-hybridized carbons (Fsp3) is 0.610. The Hall–Kier alpha value is -3.20. The number of rotatable bonds is 12. The van der Waals surface area contributed by atoms with Crippen LogP contribution in [0.1, 0.15) is 95.5 Å². The van der Waals surface area contributed by atoms with E-state index in [0.717, 1.165) is 84.9 Å². The van der Waals surface area contributed by atoms with Crippen LogP contribution >= 0.6 is 23.2 Å². The van der Waals surface area contributed by atoms with Crippen molar-refractivity contribution in [2.24, 2.45) is 0 Å². The maximum Gasteiger partial charge on any atom is 0.410 e. The second-order valence-electron chi connectivity index (χ2n) is 17.7. The molecule has 304 valence electrons. The average Bonchev–Trinajstić information content (AvgIpc) is 3.80. The first-order chi connectivity index (χ1) is 26.6. The Labute approximate surface area is 341 Å². The Kier molecular flexibility index (Phi) is 12.4. The lowest BCUT2D eigenvalue weighted by Crippen LogP contribution is -2.50. The van der Waals surface area contributed by atoms with Crippen LogP contribution in [-0.4, -0.2) is 86.2 Å². The highest BCUT2D eigenvalue weighted by Gasteiger charge is 2.36. The summed E-state index contributed by atoms with van der Waals surface area (Å²) in [5, 5.41) is 7.10. The van der Waals surface area contributed by atoms with E-state index in [-0.39, 0.29) is 18.4 Å². The minimum absolute atomic E-state index is 0.0800. The van der Waals surface area contributed by atoms with Crippen LogP contribution in [0.15, 0.2) is 30.6 Å². The normalized spacial score (nSPS) is 20.1. The zero-order valence-corrected chi connectivity index (χ0v) is 36.5. The SMILES string of the molecule is CC(Oc1ccc2c(c1)c(-c1nc3c(n1COCC[Si](C)(C)C)CN(CC1CCCCN1C(=O)OC(C)(C)C)C3)nn2C1CCCCO1)c1c(Cl)cncc1Cl. The smallest absolute Gasteiger partial charge is 0.410 e. The maximum absolute atomic E-state index is 13.3. The van der Waals surface area contributed by atoms with Gasteiger partial charge in [-0.05, 0) is 90.5 Å². The topological polar surface area (TPSA) is 109 Å². The summed E-state index contributed by atoms with van der Waals surface area (Å²) >= 11 is 13.0. The van der Waals surface area contributed by atoms with Gasteiger partial charge in [0.05, 0.1) is 26.9 Å². The molecule has 3 unspecified atom stereocenters. The van der Waals surface area contributed by atoms with Gasteiger partial charge < -0.3 is 28.4 Å². The van der Waals surface area contributed by atoms with Gasteiger partial charge in [-0.15, -0.1) is 0 Å². The van der Waals surface area contributed by atoms with E-state index in [2.05, 4.69) is 40.2 Å². The van der Waals surface area contributed by atoms with Gasteiger partial charge in [0, 0.05) is 76.9 Å². The second-order valence-corrected chi connectivity index (χ2v) is 24.1. The standard InChI is InChI=1S/C41H57Cl2N7O5Si/c1-27(37-31(42)21-44-22-32(37)43)54-29-14-15-34-30(20-29)38(46-50(34)36-13-9-11-17-53-36)39-45-33-24-47(25-35(33)49(39)26-52-18-19-56(5,6)7)23-28-12-8-10-16-48(28)40(51)55-41(2,3)4/h14-15,20-22,27-28,36H,8-13,16-19,23-26H2,1-7H3. The minimum atomic E-state index is -1.31. The van der Waals surface area contributed by atoms with Gasteiger partial charge in [0.25, 0.3) is 0 Å². The molecule has 1 amide bonds. The van der Waals surface area contributed by atoms with Crippen LogP contribution in [0.25, 0.3) is 22.4 Å². The summed E-state index contributed by atoms with van der Waals surface area (Å²) < 4.78 is 29.3. The van der Waals surface area contributed by atoms with Crippen molar-refractivity contribution in [1.82, 2.24) is 34.1 Å². The predicted octanol–water partition coefficient (Wildman–Crippen LogP) is 9.86. The molecule has 3 aliphatic rings. The van der Waals surface area contributed by atoms with E-state index in [1.807, 2.05) is 49.4 Å². The summed E-state index contributed by atoms with van der Waals surface area (Å²) in [6.45, 7) is 19.4. The molecule has 0 radical (unpaired) electrons. The van der Waals surface area contributed by atoms with Crippen molar-refractivity contribution in [2.75, 3.05) is 26.3 Å². The number of carbonyl (C=O) groups excluding carboxylic acids is 1. The van der Waals surface area contributed by atoms with Gasteiger partial charge in [0.15, 0.2) is 12.1 Å². The molecule has 0 aliphatic carbocycles. The molecule has 3 atom stereocenters. The molecule has 2 saturated heterocycles. The van der Waals surface area contributed by atoms with Crippen molar-refractivity contribution >= 4 is 48.3 Å². The Bertz CT molecular complexity index is 2000. The molecular weight excluding hydrogens is 769 g/mol. The molecule has 3 aromatic heterocycles. The molecule has 1 aromatic carbocycles. The van der Waals surface area contributed by atoms with Crippen LogP contribution in [0.2, 0.25) is 35.7 Å². The third kappa shape index (κ3) is 9.39. The molecule has 7 rings (SSSR count). The first kappa shape index (κ1) is 41.0. The highest BCUT2D eigenvalue weighted by Crippen LogP contribution is 2.39. The molecule has 2 fully saturated rings. The molecule has 12 nitrogen and oxygen atoms in total. The summed E-state index contributed by atoms with van der Waals surface area (Å²) in [5.41, 5.74) is 3.97. The number of aromatic nitrogens is 5. The number of fused-ring (bicyclic) bond motifs is 2. The van der Waals surface area contributed by atoms with Gasteiger partial charge >= 0.3 is 6.09 Å². The number of amides is 1. The number of hydrogen-bond donors (Lipinski definition) is 0. The average molecular weight is 827 g/mol. The molecule has 3 aliphatic heterocycles. The summed E-state index contributed by atoms with van der Waals surface area (Å²) in [6, 6.07) is 7.19. The molecule has 0 N–H and O–H groups in total. The van der Waals surface area contributed by atoms with Gasteiger partial charge in [-0.3, -0.25) is 9.88 Å². The van der Waals surface area contributed by atoms with Gasteiger partial charge in [-0.2, -0.15) is 5.10 Å². The summed E-state index contributed by atoms with van der Waals surface area (Å²) in [4.78, 5) is 27.1. The number of hydrogen-bond acceptors (Lipinski definition) is 9. The Morgan fingerprint density at radius 1 is 1.05 bits per heavy atom. The maximum atomic E-state index is 13.3. The zero-order valence-electron chi connectivity index (χ0n) is 33.9. The summed E-state index contributed by atoms with van der Waals surface area (Å²) in [6.07, 6.45) is 8.35. The number of pyridine rings is 1. The number of piperidine rings is 1. The number of carbonyl (C=O) groups is 1. The van der Waals surface area contributed by atoms with Crippen molar-refractivity contribution in [3.05, 3.63) is 57.6 Å². The Balaban J connectivity index is 1.22. The van der Waals surface area contributed by atoms with Gasteiger partial charge in [-0.1, -0.05) is 42.8 Å². The molecular formula is C41H57Cl2N7O5Si. The van der Waals surface area contributed by atoms with Crippen LogP contribution in [0.4, 0.5) is 4.79 Å².